The van der Waals surface area contributed by atoms with Crippen molar-refractivity contribution in [3.63, 3.8) is 0 Å². The zero-order chi connectivity index (χ0) is 24.0. The second-order valence-corrected chi connectivity index (χ2v) is 12.5. The van der Waals surface area contributed by atoms with E-state index in [0.29, 0.717) is 12.8 Å². The van der Waals surface area contributed by atoms with E-state index in [4.69, 9.17) is 14.2 Å². The summed E-state index contributed by atoms with van der Waals surface area (Å²) in [6.07, 6.45) is 6.50. The Labute approximate surface area is 199 Å². The molecule has 4 bridgehead atoms. The molecule has 4 aliphatic carbocycles. The Morgan fingerprint density at radius 2 is 1.82 bits per heavy atom. The molecule has 2 N–H and O–H groups in total. The average molecular weight is 471 g/mol. The lowest BCUT2D eigenvalue weighted by Crippen LogP contribution is -2.73. The molecular weight excluding hydrogens is 436 g/mol. The predicted octanol–water partition coefficient (Wildman–Crippen LogP) is 2.30. The smallest absolute Gasteiger partial charge is 0.309 e. The standard InChI is InChI=1S/C27H34O7/c1-12-13(2)23(29)32-20(12)22-25(4,30)19-17-11-26(31)15-9-8-14-6-5-7-18(28)24(14,3)16(15)10-27(33-17,34-22)21(19)26/h5,7-8,12-13,15-17,19-22,30-31H,6,9-11H2,1-4H3/t12-,13-,15-,16+,17+,19+,20-,21+,22-,24+,25-,26-,27+/m0/s1. The summed E-state index contributed by atoms with van der Waals surface area (Å²) in [5, 5.41) is 24.2. The molecule has 0 aromatic heterocycles. The Hall–Kier alpha value is -1.54. The molecule has 7 aliphatic rings. The zero-order valence-corrected chi connectivity index (χ0v) is 20.2. The van der Waals surface area contributed by atoms with Gasteiger partial charge in [-0.15, -0.1) is 0 Å². The maximum atomic E-state index is 13.3. The van der Waals surface area contributed by atoms with Gasteiger partial charge < -0.3 is 24.4 Å². The van der Waals surface area contributed by atoms with E-state index in [1.54, 1.807) is 13.0 Å². The van der Waals surface area contributed by atoms with E-state index in [1.165, 1.54) is 0 Å². The van der Waals surface area contributed by atoms with Gasteiger partial charge in [0.1, 0.15) is 12.2 Å². The van der Waals surface area contributed by atoms with Crippen LogP contribution in [0.25, 0.3) is 0 Å². The average Bonchev–Trinajstić information content (AvgIpc) is 3.33. The number of cyclic esters (lactones) is 1. The predicted molar refractivity (Wildman–Crippen MR) is 119 cm³/mol. The number of allylic oxidation sites excluding steroid dienone is 4. The number of hydrogen-bond acceptors (Lipinski definition) is 7. The van der Waals surface area contributed by atoms with Crippen LogP contribution < -0.4 is 0 Å². The molecule has 7 heteroatoms. The first-order chi connectivity index (χ1) is 15.9. The van der Waals surface area contributed by atoms with E-state index in [-0.39, 0.29) is 53.4 Å². The topological polar surface area (TPSA) is 102 Å². The first kappa shape index (κ1) is 21.7. The van der Waals surface area contributed by atoms with Crippen molar-refractivity contribution in [3.8, 4) is 0 Å². The summed E-state index contributed by atoms with van der Waals surface area (Å²) in [4.78, 5) is 25.7. The monoisotopic (exact) mass is 470 g/mol. The summed E-state index contributed by atoms with van der Waals surface area (Å²) in [7, 11) is 0. The normalized spacial score (nSPS) is 61.1. The second-order valence-electron chi connectivity index (χ2n) is 12.5. The molecule has 5 fully saturated rings. The van der Waals surface area contributed by atoms with Gasteiger partial charge in [-0.05, 0) is 44.6 Å². The molecule has 3 saturated heterocycles. The van der Waals surface area contributed by atoms with E-state index < -0.39 is 34.6 Å². The number of hydrogen-bond donors (Lipinski definition) is 2. The molecule has 7 nitrogen and oxygen atoms in total. The van der Waals surface area contributed by atoms with Crippen molar-refractivity contribution in [2.45, 2.75) is 88.7 Å². The highest BCUT2D eigenvalue weighted by Gasteiger charge is 2.83. The summed E-state index contributed by atoms with van der Waals surface area (Å²) in [5.41, 5.74) is -1.97. The van der Waals surface area contributed by atoms with Crippen LogP contribution in [0.3, 0.4) is 0 Å². The van der Waals surface area contributed by atoms with E-state index in [2.05, 4.69) is 6.08 Å². The number of fused-ring (bicyclic) bond motifs is 4. The minimum atomic E-state index is -1.32. The van der Waals surface area contributed by atoms with Crippen LogP contribution in [0.2, 0.25) is 0 Å². The van der Waals surface area contributed by atoms with Crippen molar-refractivity contribution in [1.29, 1.82) is 0 Å². The van der Waals surface area contributed by atoms with Gasteiger partial charge in [0.25, 0.3) is 0 Å². The lowest BCUT2D eigenvalue weighted by Gasteiger charge is -2.64. The molecule has 0 radical (unpaired) electrons. The third-order valence-corrected chi connectivity index (χ3v) is 11.2. The van der Waals surface area contributed by atoms with Gasteiger partial charge in [-0.3, -0.25) is 9.59 Å². The SMILES string of the molecule is C[C@@H]1[C@@H]([C@@H]2O[C@@]34C[C@@H]5[C@H](CC=C6CC=CC(=O)[C@]65C)[C@@]5(O)C[C@@H](O3)[C@H]([C@@H]45)[C@]2(C)O)OC(=O)[C@H]1C. The Kier molecular flexibility index (Phi) is 3.98. The van der Waals surface area contributed by atoms with Crippen molar-refractivity contribution >= 4 is 11.8 Å². The van der Waals surface area contributed by atoms with Crippen molar-refractivity contribution in [2.75, 3.05) is 0 Å². The van der Waals surface area contributed by atoms with Crippen LogP contribution in [0.4, 0.5) is 0 Å². The number of aliphatic hydroxyl groups is 2. The van der Waals surface area contributed by atoms with Crippen LogP contribution in [-0.2, 0) is 23.8 Å². The van der Waals surface area contributed by atoms with Crippen molar-refractivity contribution in [3.05, 3.63) is 23.8 Å². The fourth-order valence-electron chi connectivity index (χ4n) is 9.32. The molecule has 0 unspecified atom stereocenters. The highest BCUT2D eigenvalue weighted by Crippen LogP contribution is 2.73. The molecule has 184 valence electrons. The molecule has 3 heterocycles. The largest absolute Gasteiger partial charge is 0.459 e. The minimum absolute atomic E-state index is 0.0788. The van der Waals surface area contributed by atoms with Crippen molar-refractivity contribution in [2.24, 2.45) is 40.9 Å². The van der Waals surface area contributed by atoms with Gasteiger partial charge in [0.2, 0.25) is 0 Å². The van der Waals surface area contributed by atoms with Gasteiger partial charge >= 0.3 is 5.97 Å². The van der Waals surface area contributed by atoms with Crippen LogP contribution in [-0.4, -0.2) is 57.3 Å². The summed E-state index contributed by atoms with van der Waals surface area (Å²) in [6, 6.07) is 0. The zero-order valence-electron chi connectivity index (χ0n) is 20.2. The Morgan fingerprint density at radius 3 is 2.53 bits per heavy atom. The van der Waals surface area contributed by atoms with Crippen molar-refractivity contribution in [1.82, 2.24) is 0 Å². The molecule has 13 atom stereocenters. The number of ketones is 1. The number of carbonyl (C=O) groups is 2. The lowest BCUT2D eigenvalue weighted by atomic mass is 9.47. The van der Waals surface area contributed by atoms with Crippen LogP contribution in [0.15, 0.2) is 23.8 Å². The Morgan fingerprint density at radius 1 is 1.06 bits per heavy atom. The van der Waals surface area contributed by atoms with Crippen LogP contribution in [0, 0.1) is 40.9 Å². The summed E-state index contributed by atoms with van der Waals surface area (Å²) in [6.45, 7) is 7.58. The summed E-state index contributed by atoms with van der Waals surface area (Å²) >= 11 is 0. The van der Waals surface area contributed by atoms with Crippen LogP contribution in [0.1, 0.15) is 53.4 Å². The molecule has 3 aliphatic heterocycles. The number of carbonyl (C=O) groups excluding carboxylic acids is 2. The Bertz CT molecular complexity index is 1060. The van der Waals surface area contributed by atoms with Gasteiger partial charge in [-0.2, -0.15) is 0 Å². The third kappa shape index (κ3) is 2.21. The molecule has 0 amide bonds. The van der Waals surface area contributed by atoms with Crippen LogP contribution in [0.5, 0.6) is 0 Å². The number of esters is 1. The number of ether oxygens (including phenoxy) is 3. The van der Waals surface area contributed by atoms with E-state index in [9.17, 15) is 19.8 Å². The van der Waals surface area contributed by atoms with Gasteiger partial charge in [0.05, 0.1) is 34.6 Å². The molecule has 34 heavy (non-hydrogen) atoms. The highest BCUT2D eigenvalue weighted by molar-refractivity contribution is 5.98. The second kappa shape index (κ2) is 6.23. The maximum Gasteiger partial charge on any atom is 0.309 e. The first-order valence-electron chi connectivity index (χ1n) is 12.9. The van der Waals surface area contributed by atoms with E-state index in [0.717, 1.165) is 18.4 Å². The third-order valence-electron chi connectivity index (χ3n) is 11.2. The molecule has 0 aromatic rings. The highest BCUT2D eigenvalue weighted by atomic mass is 16.7. The lowest BCUT2D eigenvalue weighted by molar-refractivity contribution is -0.386. The van der Waals surface area contributed by atoms with Gasteiger partial charge in [0, 0.05) is 24.7 Å². The molecular formula is C27H34O7. The molecule has 2 saturated carbocycles. The van der Waals surface area contributed by atoms with Gasteiger partial charge in [0.15, 0.2) is 11.6 Å². The fourth-order valence-corrected chi connectivity index (χ4v) is 9.32. The summed E-state index contributed by atoms with van der Waals surface area (Å²) < 4.78 is 19.1. The van der Waals surface area contributed by atoms with Gasteiger partial charge in [-0.25, -0.2) is 0 Å². The van der Waals surface area contributed by atoms with Gasteiger partial charge in [-0.1, -0.05) is 31.6 Å². The minimum Gasteiger partial charge on any atom is -0.459 e. The van der Waals surface area contributed by atoms with Crippen molar-refractivity contribution < 1.29 is 34.0 Å². The summed E-state index contributed by atoms with van der Waals surface area (Å²) in [5.74, 6) is -2.60. The first-order valence-corrected chi connectivity index (χ1v) is 12.9. The number of rotatable bonds is 1. The van der Waals surface area contributed by atoms with E-state index >= 15 is 0 Å². The van der Waals surface area contributed by atoms with Crippen LogP contribution >= 0.6 is 0 Å². The molecule has 0 spiro atoms. The quantitative estimate of drug-likeness (QED) is 0.448. The molecule has 7 rings (SSSR count). The van der Waals surface area contributed by atoms with E-state index in [1.807, 2.05) is 26.8 Å². The maximum absolute atomic E-state index is 13.3. The Balaban J connectivity index is 1.34. The fraction of sp³-hybridized carbons (Fsp3) is 0.778. The molecule has 0 aromatic carbocycles.